The number of benzene rings is 4. The Morgan fingerprint density at radius 3 is 1.32 bits per heavy atom. The topological polar surface area (TPSA) is 70.5 Å². The molecule has 0 aliphatic heterocycles. The van der Waals surface area contributed by atoms with Crippen LogP contribution in [0.1, 0.15) is 0 Å². The summed E-state index contributed by atoms with van der Waals surface area (Å²) in [7, 11) is 0. The zero-order chi connectivity index (χ0) is 21.8. The van der Waals surface area contributed by atoms with Crippen LogP contribution in [0.15, 0.2) is 94.7 Å². The Balaban J connectivity index is 1.65. The summed E-state index contributed by atoms with van der Waals surface area (Å²) in [5.41, 5.74) is 12.9. The predicted molar refractivity (Wildman–Crippen MR) is 129 cm³/mol. The van der Waals surface area contributed by atoms with Crippen LogP contribution in [0.25, 0.3) is 0 Å². The molecule has 0 heterocycles. The molecule has 0 saturated carbocycles. The monoisotopic (exact) mass is 468 g/mol. The standard InChI is InChI=1S/C24H18Cl2N2O2S/c25-15-1-11-21(29-19-7-3-17(27)4-8-19)23(13-15)31-24-14-16(26)2-12-22(24)30-20-9-5-18(28)6-10-20/h1-14H,27-28H2. The second-order valence-corrected chi connectivity index (χ2v) is 8.58. The molecule has 0 aliphatic carbocycles. The van der Waals surface area contributed by atoms with Crippen molar-refractivity contribution in [3.05, 3.63) is 95.0 Å². The maximum Gasteiger partial charge on any atom is 0.141 e. The summed E-state index contributed by atoms with van der Waals surface area (Å²) in [6, 6.07) is 25.3. The summed E-state index contributed by atoms with van der Waals surface area (Å²) in [4.78, 5) is 1.63. The molecule has 0 atom stereocenters. The number of rotatable bonds is 6. The molecular weight excluding hydrogens is 451 g/mol. The lowest BCUT2D eigenvalue weighted by molar-refractivity contribution is 0.468. The van der Waals surface area contributed by atoms with Crippen LogP contribution in [0.4, 0.5) is 11.4 Å². The van der Waals surface area contributed by atoms with Crippen molar-refractivity contribution in [3.8, 4) is 23.0 Å². The average Bonchev–Trinajstić information content (AvgIpc) is 2.75. The van der Waals surface area contributed by atoms with Gasteiger partial charge >= 0.3 is 0 Å². The molecule has 0 bridgehead atoms. The molecular formula is C24H18Cl2N2O2S. The fraction of sp³-hybridized carbons (Fsp3) is 0. The second-order valence-electron chi connectivity index (χ2n) is 6.63. The first-order valence-corrected chi connectivity index (χ1v) is 10.9. The first kappa shape index (κ1) is 21.2. The number of hydrogen-bond donors (Lipinski definition) is 2. The molecule has 4 aromatic carbocycles. The summed E-state index contributed by atoms with van der Waals surface area (Å²) in [5.74, 6) is 2.64. The van der Waals surface area contributed by atoms with Gasteiger partial charge in [-0.25, -0.2) is 0 Å². The zero-order valence-electron chi connectivity index (χ0n) is 16.2. The Kier molecular flexibility index (Phi) is 6.47. The highest BCUT2D eigenvalue weighted by Gasteiger charge is 2.13. The van der Waals surface area contributed by atoms with Gasteiger partial charge in [-0.05, 0) is 84.9 Å². The van der Waals surface area contributed by atoms with Gasteiger partial charge in [0, 0.05) is 21.4 Å². The first-order chi connectivity index (χ1) is 15.0. The molecule has 4 rings (SSSR count). The third-order valence-corrected chi connectivity index (χ3v) is 5.80. The quantitative estimate of drug-likeness (QED) is 0.281. The van der Waals surface area contributed by atoms with Gasteiger partial charge < -0.3 is 20.9 Å². The average molecular weight is 469 g/mol. The lowest BCUT2D eigenvalue weighted by atomic mass is 10.3. The van der Waals surface area contributed by atoms with E-state index in [1.165, 1.54) is 11.8 Å². The van der Waals surface area contributed by atoms with Gasteiger partial charge in [-0.2, -0.15) is 0 Å². The van der Waals surface area contributed by atoms with Gasteiger partial charge in [0.05, 0.1) is 9.79 Å². The van der Waals surface area contributed by atoms with E-state index in [4.69, 9.17) is 44.1 Å². The van der Waals surface area contributed by atoms with Gasteiger partial charge in [0.15, 0.2) is 0 Å². The van der Waals surface area contributed by atoms with Crippen LogP contribution >= 0.6 is 35.0 Å². The number of halogens is 2. The van der Waals surface area contributed by atoms with E-state index in [-0.39, 0.29) is 0 Å². The van der Waals surface area contributed by atoms with E-state index in [1.54, 1.807) is 36.4 Å². The SMILES string of the molecule is Nc1ccc(Oc2ccc(Cl)cc2Sc2cc(Cl)ccc2Oc2ccc(N)cc2)cc1. The van der Waals surface area contributed by atoms with Crippen LogP contribution in [-0.4, -0.2) is 0 Å². The molecule has 0 amide bonds. The minimum absolute atomic E-state index is 0.593. The Morgan fingerprint density at radius 1 is 0.548 bits per heavy atom. The van der Waals surface area contributed by atoms with Crippen LogP contribution in [-0.2, 0) is 0 Å². The van der Waals surface area contributed by atoms with Crippen molar-refractivity contribution in [3.63, 3.8) is 0 Å². The number of nitrogens with two attached hydrogens (primary N) is 2. The summed E-state index contributed by atoms with van der Waals surface area (Å²) in [6.07, 6.45) is 0. The lowest BCUT2D eigenvalue weighted by Gasteiger charge is -2.15. The fourth-order valence-corrected chi connectivity index (χ4v) is 4.24. The molecule has 0 fully saturated rings. The van der Waals surface area contributed by atoms with E-state index >= 15 is 0 Å². The van der Waals surface area contributed by atoms with Crippen LogP contribution in [0.5, 0.6) is 23.0 Å². The van der Waals surface area contributed by atoms with Crippen molar-refractivity contribution in [2.75, 3.05) is 11.5 Å². The number of nitrogen functional groups attached to an aromatic ring is 2. The molecule has 7 heteroatoms. The van der Waals surface area contributed by atoms with Crippen LogP contribution in [0.2, 0.25) is 10.0 Å². The van der Waals surface area contributed by atoms with Crippen molar-refractivity contribution in [1.29, 1.82) is 0 Å². The Hall–Kier alpha value is -2.99. The molecule has 0 aliphatic rings. The van der Waals surface area contributed by atoms with E-state index in [1.807, 2.05) is 48.5 Å². The summed E-state index contributed by atoms with van der Waals surface area (Å²) >= 11 is 14.0. The van der Waals surface area contributed by atoms with Gasteiger partial charge in [-0.3, -0.25) is 0 Å². The molecule has 0 unspecified atom stereocenters. The summed E-state index contributed by atoms with van der Waals surface area (Å²) in [6.45, 7) is 0. The number of hydrogen-bond acceptors (Lipinski definition) is 5. The van der Waals surface area contributed by atoms with E-state index < -0.39 is 0 Å². The molecule has 4 nitrogen and oxygen atoms in total. The molecule has 4 N–H and O–H groups in total. The van der Waals surface area contributed by atoms with Gasteiger partial charge in [0.1, 0.15) is 23.0 Å². The van der Waals surface area contributed by atoms with Crippen molar-refractivity contribution in [2.45, 2.75) is 9.79 Å². The smallest absolute Gasteiger partial charge is 0.141 e. The molecule has 156 valence electrons. The third-order valence-electron chi connectivity index (χ3n) is 4.25. The van der Waals surface area contributed by atoms with Gasteiger partial charge in [0.2, 0.25) is 0 Å². The molecule has 4 aromatic rings. The van der Waals surface area contributed by atoms with Gasteiger partial charge in [0.25, 0.3) is 0 Å². The van der Waals surface area contributed by atoms with Crippen molar-refractivity contribution >= 4 is 46.3 Å². The predicted octanol–water partition coefficient (Wildman–Crippen LogP) is 7.89. The summed E-state index contributed by atoms with van der Waals surface area (Å²) < 4.78 is 12.1. The Morgan fingerprint density at radius 2 is 0.935 bits per heavy atom. The van der Waals surface area contributed by atoms with Crippen molar-refractivity contribution in [1.82, 2.24) is 0 Å². The van der Waals surface area contributed by atoms with Gasteiger partial charge in [-0.1, -0.05) is 35.0 Å². The third kappa shape index (κ3) is 5.58. The van der Waals surface area contributed by atoms with Crippen LogP contribution in [0, 0.1) is 0 Å². The molecule has 0 saturated heterocycles. The minimum Gasteiger partial charge on any atom is -0.456 e. The Labute approximate surface area is 194 Å². The fourth-order valence-electron chi connectivity index (χ4n) is 2.74. The highest BCUT2D eigenvalue weighted by atomic mass is 35.5. The van der Waals surface area contributed by atoms with Crippen LogP contribution in [0.3, 0.4) is 0 Å². The maximum atomic E-state index is 6.27. The van der Waals surface area contributed by atoms with E-state index in [9.17, 15) is 0 Å². The normalized spacial score (nSPS) is 10.6. The maximum absolute atomic E-state index is 6.27. The first-order valence-electron chi connectivity index (χ1n) is 9.30. The highest BCUT2D eigenvalue weighted by molar-refractivity contribution is 7.99. The largest absolute Gasteiger partial charge is 0.456 e. The number of ether oxygens (including phenoxy) is 2. The highest BCUT2D eigenvalue weighted by Crippen LogP contribution is 2.44. The summed E-state index contributed by atoms with van der Waals surface area (Å²) in [5, 5.41) is 1.19. The Bertz CT molecular complexity index is 1100. The van der Waals surface area contributed by atoms with Crippen LogP contribution < -0.4 is 20.9 Å². The van der Waals surface area contributed by atoms with E-state index in [2.05, 4.69) is 0 Å². The lowest BCUT2D eigenvalue weighted by Crippen LogP contribution is -1.91. The van der Waals surface area contributed by atoms with E-state index in [0.29, 0.717) is 44.4 Å². The van der Waals surface area contributed by atoms with Gasteiger partial charge in [-0.15, -0.1) is 0 Å². The molecule has 0 spiro atoms. The second kappa shape index (κ2) is 9.43. The van der Waals surface area contributed by atoms with E-state index in [0.717, 1.165) is 9.79 Å². The molecule has 0 aromatic heterocycles. The minimum atomic E-state index is 0.593. The van der Waals surface area contributed by atoms with Crippen molar-refractivity contribution in [2.24, 2.45) is 0 Å². The number of anilines is 2. The zero-order valence-corrected chi connectivity index (χ0v) is 18.5. The molecule has 0 radical (unpaired) electrons. The molecule has 31 heavy (non-hydrogen) atoms. The van der Waals surface area contributed by atoms with Crippen molar-refractivity contribution < 1.29 is 9.47 Å².